The van der Waals surface area contributed by atoms with Crippen LogP contribution in [0.15, 0.2) is 12.3 Å². The number of piperidine rings is 1. The minimum Gasteiger partial charge on any atom is -0.458 e. The summed E-state index contributed by atoms with van der Waals surface area (Å²) in [6.07, 6.45) is -2.71. The van der Waals surface area contributed by atoms with Gasteiger partial charge in [-0.05, 0) is 18.9 Å². The van der Waals surface area contributed by atoms with Crippen LogP contribution in [0.1, 0.15) is 18.5 Å². The van der Waals surface area contributed by atoms with Gasteiger partial charge in [0.2, 0.25) is 0 Å². The van der Waals surface area contributed by atoms with Crippen LogP contribution in [-0.4, -0.2) is 60.4 Å². The molecule has 10 heteroatoms. The van der Waals surface area contributed by atoms with Gasteiger partial charge in [0.05, 0.1) is 13.2 Å². The van der Waals surface area contributed by atoms with Crippen LogP contribution in [0.2, 0.25) is 0 Å². The molecule has 1 aromatic heterocycles. The highest BCUT2D eigenvalue weighted by molar-refractivity contribution is 5.74. The maximum atomic E-state index is 12.6. The molecule has 2 heterocycles. The normalized spacial score (nSPS) is 18.3. The van der Waals surface area contributed by atoms with Crippen LogP contribution in [0, 0.1) is 0 Å². The Morgan fingerprint density at radius 2 is 2.29 bits per heavy atom. The van der Waals surface area contributed by atoms with Crippen molar-refractivity contribution < 1.29 is 27.4 Å². The number of hydrogen-bond acceptors (Lipinski definition) is 5. The molecule has 1 N–H and O–H groups in total. The van der Waals surface area contributed by atoms with Crippen molar-refractivity contribution >= 4 is 6.03 Å². The van der Waals surface area contributed by atoms with Crippen LogP contribution in [-0.2, 0) is 10.9 Å². The van der Waals surface area contributed by atoms with E-state index in [9.17, 15) is 18.0 Å². The molecule has 7 nitrogen and oxygen atoms in total. The monoisotopic (exact) mass is 348 g/mol. The molecule has 1 unspecified atom stereocenters. The van der Waals surface area contributed by atoms with Crippen LogP contribution >= 0.6 is 0 Å². The fourth-order valence-corrected chi connectivity index (χ4v) is 2.30. The summed E-state index contributed by atoms with van der Waals surface area (Å²) in [4.78, 5) is 20.6. The molecule has 2 rings (SSSR count). The van der Waals surface area contributed by atoms with Gasteiger partial charge in [0.1, 0.15) is 6.10 Å². The van der Waals surface area contributed by atoms with Gasteiger partial charge in [-0.3, -0.25) is 0 Å². The summed E-state index contributed by atoms with van der Waals surface area (Å²) in [5.74, 6) is 0. The molecule has 0 radical (unpaired) electrons. The summed E-state index contributed by atoms with van der Waals surface area (Å²) in [7, 11) is 1.53. The van der Waals surface area contributed by atoms with E-state index in [4.69, 9.17) is 9.47 Å². The third-order valence-corrected chi connectivity index (χ3v) is 3.44. The standard InChI is InChI=1S/C14H19F3N4O3/c1-23-8-6-19-13(22)21-7-2-3-10(9-21)24-12-18-5-4-11(20-12)14(15,16)17/h4-5,10H,2-3,6-9H2,1H3,(H,19,22). The number of halogens is 3. The molecule has 0 aromatic carbocycles. The van der Waals surface area contributed by atoms with Gasteiger partial charge in [-0.25, -0.2) is 9.78 Å². The van der Waals surface area contributed by atoms with Gasteiger partial charge in [-0.15, -0.1) is 0 Å². The number of hydrogen-bond donors (Lipinski definition) is 1. The second kappa shape index (κ2) is 8.13. The Bertz CT molecular complexity index is 556. The summed E-state index contributed by atoms with van der Waals surface area (Å²) >= 11 is 0. The Hall–Kier alpha value is -2.10. The Balaban J connectivity index is 1.92. The average molecular weight is 348 g/mol. The van der Waals surface area contributed by atoms with E-state index in [1.54, 1.807) is 4.90 Å². The summed E-state index contributed by atoms with van der Waals surface area (Å²) in [6.45, 7) is 1.60. The molecular formula is C14H19F3N4O3. The summed E-state index contributed by atoms with van der Waals surface area (Å²) in [5.41, 5.74) is -1.06. The molecule has 1 atom stereocenters. The topological polar surface area (TPSA) is 76.6 Å². The number of nitrogens with zero attached hydrogens (tertiary/aromatic N) is 3. The number of nitrogens with one attached hydrogen (secondary N) is 1. The quantitative estimate of drug-likeness (QED) is 0.820. The maximum absolute atomic E-state index is 12.6. The van der Waals surface area contributed by atoms with E-state index in [0.717, 1.165) is 12.3 Å². The Morgan fingerprint density at radius 3 is 3.00 bits per heavy atom. The molecule has 24 heavy (non-hydrogen) atoms. The maximum Gasteiger partial charge on any atom is 0.433 e. The molecule has 0 spiro atoms. The van der Waals surface area contributed by atoms with Crippen LogP contribution in [0.5, 0.6) is 6.01 Å². The first kappa shape index (κ1) is 18.2. The smallest absolute Gasteiger partial charge is 0.433 e. The fourth-order valence-electron chi connectivity index (χ4n) is 2.30. The molecular weight excluding hydrogens is 329 g/mol. The van der Waals surface area contributed by atoms with Crippen LogP contribution in [0.25, 0.3) is 0 Å². The Kier molecular flexibility index (Phi) is 6.18. The number of aromatic nitrogens is 2. The van der Waals surface area contributed by atoms with Crippen molar-refractivity contribution in [3.63, 3.8) is 0 Å². The van der Waals surface area contributed by atoms with E-state index in [1.165, 1.54) is 7.11 Å². The summed E-state index contributed by atoms with van der Waals surface area (Å²) in [5, 5.41) is 2.69. The highest BCUT2D eigenvalue weighted by atomic mass is 19.4. The van der Waals surface area contributed by atoms with Crippen molar-refractivity contribution in [1.82, 2.24) is 20.2 Å². The number of carbonyl (C=O) groups is 1. The third kappa shape index (κ3) is 5.22. The van der Waals surface area contributed by atoms with Crippen molar-refractivity contribution in [3.05, 3.63) is 18.0 Å². The lowest BCUT2D eigenvalue weighted by Gasteiger charge is -2.32. The number of ether oxygens (including phenoxy) is 2. The van der Waals surface area contributed by atoms with E-state index < -0.39 is 18.0 Å². The minimum absolute atomic E-state index is 0.259. The average Bonchev–Trinajstić information content (AvgIpc) is 2.55. The number of carbonyl (C=O) groups excluding carboxylic acids is 1. The van der Waals surface area contributed by atoms with Crippen LogP contribution < -0.4 is 10.1 Å². The van der Waals surface area contributed by atoms with Gasteiger partial charge >= 0.3 is 18.2 Å². The van der Waals surface area contributed by atoms with Crippen molar-refractivity contribution in [2.24, 2.45) is 0 Å². The van der Waals surface area contributed by atoms with E-state index in [1.807, 2.05) is 0 Å². The summed E-state index contributed by atoms with van der Waals surface area (Å²) in [6, 6.07) is 0.185. The lowest BCUT2D eigenvalue weighted by atomic mass is 10.1. The molecule has 1 aromatic rings. The minimum atomic E-state index is -4.55. The Morgan fingerprint density at radius 1 is 1.50 bits per heavy atom. The molecule has 0 bridgehead atoms. The third-order valence-electron chi connectivity index (χ3n) is 3.44. The number of methoxy groups -OCH3 is 1. The second-order valence-electron chi connectivity index (χ2n) is 5.28. The first-order valence-electron chi connectivity index (χ1n) is 7.48. The number of likely N-dealkylation sites (tertiary alicyclic amines) is 1. The lowest BCUT2D eigenvalue weighted by molar-refractivity contribution is -0.141. The zero-order chi connectivity index (χ0) is 17.6. The number of amides is 2. The van der Waals surface area contributed by atoms with Crippen molar-refractivity contribution in [2.45, 2.75) is 25.1 Å². The van der Waals surface area contributed by atoms with Gasteiger partial charge in [-0.2, -0.15) is 18.2 Å². The number of alkyl halides is 3. The fraction of sp³-hybridized carbons (Fsp3) is 0.643. The second-order valence-corrected chi connectivity index (χ2v) is 5.28. The van der Waals surface area contributed by atoms with Gasteiger partial charge in [-0.1, -0.05) is 0 Å². The predicted octanol–water partition coefficient (Wildman–Crippen LogP) is 1.69. The zero-order valence-electron chi connectivity index (χ0n) is 13.2. The molecule has 0 aliphatic carbocycles. The van der Waals surface area contributed by atoms with Crippen LogP contribution in [0.3, 0.4) is 0 Å². The van der Waals surface area contributed by atoms with E-state index in [0.29, 0.717) is 32.5 Å². The molecule has 0 saturated carbocycles. The van der Waals surface area contributed by atoms with Gasteiger partial charge < -0.3 is 19.7 Å². The summed E-state index contributed by atoms with van der Waals surface area (Å²) < 4.78 is 48.2. The SMILES string of the molecule is COCCNC(=O)N1CCCC(Oc2nccc(C(F)(F)F)n2)C1. The largest absolute Gasteiger partial charge is 0.458 e. The van der Waals surface area contributed by atoms with E-state index in [2.05, 4.69) is 15.3 Å². The van der Waals surface area contributed by atoms with Gasteiger partial charge in [0.15, 0.2) is 5.69 Å². The Labute approximate surface area is 137 Å². The predicted molar refractivity (Wildman–Crippen MR) is 77.5 cm³/mol. The lowest BCUT2D eigenvalue weighted by Crippen LogP contribution is -2.49. The highest BCUT2D eigenvalue weighted by Gasteiger charge is 2.33. The van der Waals surface area contributed by atoms with Crippen LogP contribution in [0.4, 0.5) is 18.0 Å². The van der Waals surface area contributed by atoms with E-state index >= 15 is 0 Å². The van der Waals surface area contributed by atoms with E-state index in [-0.39, 0.29) is 18.6 Å². The molecule has 134 valence electrons. The molecule has 1 saturated heterocycles. The molecule has 2 amide bonds. The van der Waals surface area contributed by atoms with Crippen molar-refractivity contribution in [2.75, 3.05) is 33.4 Å². The van der Waals surface area contributed by atoms with Crippen molar-refractivity contribution in [1.29, 1.82) is 0 Å². The molecule has 1 aliphatic rings. The number of rotatable bonds is 5. The molecule has 1 fully saturated rings. The van der Waals surface area contributed by atoms with Gasteiger partial charge in [0, 0.05) is 26.4 Å². The first-order chi connectivity index (χ1) is 11.4. The zero-order valence-corrected chi connectivity index (χ0v) is 13.2. The first-order valence-corrected chi connectivity index (χ1v) is 7.48. The van der Waals surface area contributed by atoms with Gasteiger partial charge in [0.25, 0.3) is 0 Å². The van der Waals surface area contributed by atoms with Crippen molar-refractivity contribution in [3.8, 4) is 6.01 Å². The highest BCUT2D eigenvalue weighted by Crippen LogP contribution is 2.28. The number of urea groups is 1. The molecule has 1 aliphatic heterocycles.